The lowest BCUT2D eigenvalue weighted by Gasteiger charge is -2.09. The first-order chi connectivity index (χ1) is 6.79. The summed E-state index contributed by atoms with van der Waals surface area (Å²) < 4.78 is 0. The van der Waals surface area contributed by atoms with Crippen molar-refractivity contribution >= 4 is 11.6 Å². The van der Waals surface area contributed by atoms with Gasteiger partial charge >= 0.3 is 0 Å². The number of benzene rings is 1. The molecule has 14 heavy (non-hydrogen) atoms. The van der Waals surface area contributed by atoms with Crippen LogP contribution in [-0.4, -0.2) is 15.1 Å². The van der Waals surface area contributed by atoms with Gasteiger partial charge in [-0.2, -0.15) is 0 Å². The third-order valence-corrected chi connectivity index (χ3v) is 2.32. The van der Waals surface area contributed by atoms with E-state index >= 15 is 0 Å². The Hall–Kier alpha value is -1.32. The van der Waals surface area contributed by atoms with E-state index in [1.54, 1.807) is 24.5 Å². The van der Waals surface area contributed by atoms with Crippen molar-refractivity contribution in [2.75, 3.05) is 0 Å². The fraction of sp³-hybridized carbons (Fsp3) is 0.100. The molecule has 1 aromatic heterocycles. The van der Waals surface area contributed by atoms with Crippen molar-refractivity contribution in [1.29, 1.82) is 0 Å². The predicted molar refractivity (Wildman–Crippen MR) is 54.1 cm³/mol. The molecule has 1 aromatic carbocycles. The van der Waals surface area contributed by atoms with Crippen molar-refractivity contribution in [2.24, 2.45) is 0 Å². The zero-order valence-electron chi connectivity index (χ0n) is 7.31. The summed E-state index contributed by atoms with van der Waals surface area (Å²) >= 11 is 5.93. The van der Waals surface area contributed by atoms with Crippen LogP contribution in [0.1, 0.15) is 17.5 Å². The summed E-state index contributed by atoms with van der Waals surface area (Å²) in [5.41, 5.74) is 0.657. The molecule has 2 N–H and O–H groups in total. The maximum atomic E-state index is 9.88. The Labute approximate surface area is 86.4 Å². The SMILES string of the molecule is OC(c1ncc[nH]1)c1ccccc1Cl. The summed E-state index contributed by atoms with van der Waals surface area (Å²) in [6, 6.07) is 7.16. The summed E-state index contributed by atoms with van der Waals surface area (Å²) in [7, 11) is 0. The van der Waals surface area contributed by atoms with Crippen molar-refractivity contribution < 1.29 is 5.11 Å². The van der Waals surface area contributed by atoms with Crippen molar-refractivity contribution in [3.63, 3.8) is 0 Å². The van der Waals surface area contributed by atoms with Gasteiger partial charge in [0.2, 0.25) is 0 Å². The summed E-state index contributed by atoms with van der Waals surface area (Å²) in [4.78, 5) is 6.81. The lowest BCUT2D eigenvalue weighted by atomic mass is 10.1. The minimum absolute atomic E-state index is 0.498. The second-order valence-electron chi connectivity index (χ2n) is 2.90. The number of hydrogen-bond acceptors (Lipinski definition) is 2. The quantitative estimate of drug-likeness (QED) is 0.795. The summed E-state index contributed by atoms with van der Waals surface area (Å²) in [6.07, 6.45) is 2.46. The minimum atomic E-state index is -0.793. The maximum absolute atomic E-state index is 9.88. The average molecular weight is 209 g/mol. The van der Waals surface area contributed by atoms with Crippen molar-refractivity contribution in [3.05, 3.63) is 53.1 Å². The zero-order chi connectivity index (χ0) is 9.97. The summed E-state index contributed by atoms with van der Waals surface area (Å²) in [5, 5.41) is 10.4. The number of aromatic nitrogens is 2. The van der Waals surface area contributed by atoms with Crippen LogP contribution in [0.3, 0.4) is 0 Å². The molecule has 0 radical (unpaired) electrons. The van der Waals surface area contributed by atoms with Crippen LogP contribution < -0.4 is 0 Å². The van der Waals surface area contributed by atoms with Gasteiger partial charge in [-0.3, -0.25) is 0 Å². The van der Waals surface area contributed by atoms with Gasteiger partial charge < -0.3 is 10.1 Å². The number of nitrogens with one attached hydrogen (secondary N) is 1. The van der Waals surface area contributed by atoms with E-state index in [0.717, 1.165) is 0 Å². The summed E-state index contributed by atoms with van der Waals surface area (Å²) in [6.45, 7) is 0. The van der Waals surface area contributed by atoms with Crippen molar-refractivity contribution in [3.8, 4) is 0 Å². The van der Waals surface area contributed by atoms with Gasteiger partial charge in [0.1, 0.15) is 11.9 Å². The smallest absolute Gasteiger partial charge is 0.139 e. The number of halogens is 1. The molecule has 1 atom stereocenters. The Bertz CT molecular complexity index is 414. The number of aliphatic hydroxyl groups excluding tert-OH is 1. The molecule has 2 rings (SSSR count). The second-order valence-corrected chi connectivity index (χ2v) is 3.31. The number of hydrogen-bond donors (Lipinski definition) is 2. The van der Waals surface area contributed by atoms with Crippen molar-refractivity contribution in [2.45, 2.75) is 6.10 Å². The molecule has 0 aliphatic carbocycles. The van der Waals surface area contributed by atoms with Crippen molar-refractivity contribution in [1.82, 2.24) is 9.97 Å². The molecule has 0 amide bonds. The normalized spacial score (nSPS) is 12.7. The molecule has 4 heteroatoms. The van der Waals surface area contributed by atoms with Crippen LogP contribution in [0.2, 0.25) is 5.02 Å². The number of aromatic amines is 1. The van der Waals surface area contributed by atoms with Gasteiger partial charge in [0.05, 0.1) is 0 Å². The first-order valence-corrected chi connectivity index (χ1v) is 4.58. The van der Waals surface area contributed by atoms with E-state index < -0.39 is 6.10 Å². The van der Waals surface area contributed by atoms with Crippen LogP contribution in [0.25, 0.3) is 0 Å². The molecule has 72 valence electrons. The lowest BCUT2D eigenvalue weighted by Crippen LogP contribution is -2.02. The zero-order valence-corrected chi connectivity index (χ0v) is 8.07. The fourth-order valence-corrected chi connectivity index (χ4v) is 1.51. The second kappa shape index (κ2) is 3.82. The van der Waals surface area contributed by atoms with Gasteiger partial charge in [-0.05, 0) is 6.07 Å². The van der Waals surface area contributed by atoms with Crippen LogP contribution >= 0.6 is 11.6 Å². The molecular weight excluding hydrogens is 200 g/mol. The number of H-pyrrole nitrogens is 1. The molecule has 0 saturated carbocycles. The number of aliphatic hydroxyl groups is 1. The van der Waals surface area contributed by atoms with Gasteiger partial charge in [0.15, 0.2) is 0 Å². The molecule has 0 spiro atoms. The largest absolute Gasteiger partial charge is 0.380 e. The monoisotopic (exact) mass is 208 g/mol. The molecule has 0 aliphatic heterocycles. The molecular formula is C10H9ClN2O. The highest BCUT2D eigenvalue weighted by Crippen LogP contribution is 2.25. The standard InChI is InChI=1S/C10H9ClN2O/c11-8-4-2-1-3-7(8)9(14)10-12-5-6-13-10/h1-6,9,14H,(H,12,13). The van der Waals surface area contributed by atoms with Gasteiger partial charge in [-0.25, -0.2) is 4.98 Å². The number of rotatable bonds is 2. The Balaban J connectivity index is 2.37. The van der Waals surface area contributed by atoms with E-state index in [4.69, 9.17) is 11.6 Å². The Kier molecular flexibility index (Phi) is 2.52. The molecule has 0 aliphatic rings. The molecule has 3 nitrogen and oxygen atoms in total. The molecule has 2 aromatic rings. The molecule has 1 unspecified atom stereocenters. The number of imidazole rings is 1. The first-order valence-electron chi connectivity index (χ1n) is 4.21. The summed E-state index contributed by atoms with van der Waals surface area (Å²) in [5.74, 6) is 0.498. The average Bonchev–Trinajstić information content (AvgIpc) is 2.70. The van der Waals surface area contributed by atoms with E-state index in [-0.39, 0.29) is 0 Å². The minimum Gasteiger partial charge on any atom is -0.380 e. The predicted octanol–water partition coefficient (Wildman–Crippen LogP) is 2.14. The van der Waals surface area contributed by atoms with Gasteiger partial charge in [-0.15, -0.1) is 0 Å². The van der Waals surface area contributed by atoms with Crippen LogP contribution in [-0.2, 0) is 0 Å². The Morgan fingerprint density at radius 3 is 2.79 bits per heavy atom. The Morgan fingerprint density at radius 1 is 1.36 bits per heavy atom. The van der Waals surface area contributed by atoms with Crippen LogP contribution in [0.15, 0.2) is 36.7 Å². The van der Waals surface area contributed by atoms with E-state index in [1.165, 1.54) is 0 Å². The molecule has 0 saturated heterocycles. The van der Waals surface area contributed by atoms with E-state index in [9.17, 15) is 5.11 Å². The maximum Gasteiger partial charge on any atom is 0.139 e. The van der Waals surface area contributed by atoms with E-state index in [1.807, 2.05) is 12.1 Å². The highest BCUT2D eigenvalue weighted by atomic mass is 35.5. The lowest BCUT2D eigenvalue weighted by molar-refractivity contribution is 0.211. The van der Waals surface area contributed by atoms with Crippen LogP contribution in [0, 0.1) is 0 Å². The van der Waals surface area contributed by atoms with Gasteiger partial charge in [-0.1, -0.05) is 29.8 Å². The van der Waals surface area contributed by atoms with Crippen LogP contribution in [0.4, 0.5) is 0 Å². The topological polar surface area (TPSA) is 48.9 Å². The third-order valence-electron chi connectivity index (χ3n) is 1.98. The van der Waals surface area contributed by atoms with Crippen LogP contribution in [0.5, 0.6) is 0 Å². The van der Waals surface area contributed by atoms with Gasteiger partial charge in [0.25, 0.3) is 0 Å². The van der Waals surface area contributed by atoms with E-state index in [0.29, 0.717) is 16.4 Å². The Morgan fingerprint density at radius 2 is 2.14 bits per heavy atom. The molecule has 1 heterocycles. The molecule has 0 bridgehead atoms. The highest BCUT2D eigenvalue weighted by molar-refractivity contribution is 6.31. The fourth-order valence-electron chi connectivity index (χ4n) is 1.27. The highest BCUT2D eigenvalue weighted by Gasteiger charge is 2.14. The molecule has 0 fully saturated rings. The third kappa shape index (κ3) is 1.64. The number of nitrogens with zero attached hydrogens (tertiary/aromatic N) is 1. The van der Waals surface area contributed by atoms with E-state index in [2.05, 4.69) is 9.97 Å². The first kappa shape index (κ1) is 9.24. The van der Waals surface area contributed by atoms with Gasteiger partial charge in [0, 0.05) is 23.0 Å².